The Labute approximate surface area is 189 Å². The second kappa shape index (κ2) is 9.23. The lowest BCUT2D eigenvalue weighted by molar-refractivity contribution is 0.0476. The van der Waals surface area contributed by atoms with Crippen LogP contribution >= 0.6 is 15.9 Å². The molecule has 4 nitrogen and oxygen atoms in total. The number of halogens is 1. The van der Waals surface area contributed by atoms with E-state index in [0.717, 1.165) is 16.5 Å². The molecule has 0 unspecified atom stereocenters. The van der Waals surface area contributed by atoms with Crippen molar-refractivity contribution < 1.29 is 14.3 Å². The largest absolute Gasteiger partial charge is 0.454 e. The molecule has 3 aromatic carbocycles. The molecule has 4 aromatic rings. The minimum absolute atomic E-state index is 0.255. The summed E-state index contributed by atoms with van der Waals surface area (Å²) < 4.78 is 6.26. The number of carbonyl (C=O) groups is 2. The first-order valence-corrected chi connectivity index (χ1v) is 10.8. The molecular weight excluding hydrogens is 454 g/mol. The third-order valence-electron chi connectivity index (χ3n) is 5.09. The van der Waals surface area contributed by atoms with Crippen LogP contribution in [0.1, 0.15) is 33.2 Å². The number of hydrogen-bond donors (Lipinski definition) is 0. The van der Waals surface area contributed by atoms with E-state index in [-0.39, 0.29) is 12.4 Å². The van der Waals surface area contributed by atoms with Crippen LogP contribution in [0.5, 0.6) is 0 Å². The van der Waals surface area contributed by atoms with Crippen LogP contribution in [0, 0.1) is 0 Å². The summed E-state index contributed by atoms with van der Waals surface area (Å²) >= 11 is 3.34. The maximum Gasteiger partial charge on any atom is 0.339 e. The number of aryl methyl sites for hydroxylation is 1. The fourth-order valence-electron chi connectivity index (χ4n) is 3.33. The summed E-state index contributed by atoms with van der Waals surface area (Å²) in [7, 11) is 0. The van der Waals surface area contributed by atoms with E-state index >= 15 is 0 Å². The quantitative estimate of drug-likeness (QED) is 0.244. The second-order valence-corrected chi connectivity index (χ2v) is 8.04. The number of pyridine rings is 1. The van der Waals surface area contributed by atoms with Crippen LogP contribution < -0.4 is 0 Å². The molecule has 0 aliphatic heterocycles. The van der Waals surface area contributed by atoms with Gasteiger partial charge >= 0.3 is 5.97 Å². The van der Waals surface area contributed by atoms with Gasteiger partial charge in [-0.15, -0.1) is 0 Å². The number of fused-ring (bicyclic) bond motifs is 1. The third kappa shape index (κ3) is 4.72. The lowest BCUT2D eigenvalue weighted by Gasteiger charge is -2.10. The van der Waals surface area contributed by atoms with Crippen molar-refractivity contribution in [2.75, 3.05) is 6.61 Å². The molecule has 0 aliphatic rings. The van der Waals surface area contributed by atoms with Crippen molar-refractivity contribution in [3.05, 3.63) is 100 Å². The van der Waals surface area contributed by atoms with E-state index in [1.165, 1.54) is 5.56 Å². The molecule has 1 heterocycles. The highest BCUT2D eigenvalue weighted by molar-refractivity contribution is 9.10. The molecule has 0 saturated heterocycles. The van der Waals surface area contributed by atoms with Gasteiger partial charge in [0.05, 0.1) is 16.8 Å². The number of rotatable bonds is 6. The number of aromatic nitrogens is 1. The predicted octanol–water partition coefficient (Wildman–Crippen LogP) is 6.27. The fourth-order valence-corrected chi connectivity index (χ4v) is 3.60. The number of hydrogen-bond acceptors (Lipinski definition) is 4. The van der Waals surface area contributed by atoms with Gasteiger partial charge in [0.15, 0.2) is 12.4 Å². The maximum atomic E-state index is 12.9. The van der Waals surface area contributed by atoms with Gasteiger partial charge in [-0.3, -0.25) is 4.79 Å². The van der Waals surface area contributed by atoms with Gasteiger partial charge < -0.3 is 4.74 Å². The summed E-state index contributed by atoms with van der Waals surface area (Å²) in [6.45, 7) is 1.78. The van der Waals surface area contributed by atoms with Crippen LogP contribution in [0.25, 0.3) is 22.2 Å². The number of ether oxygens (including phenoxy) is 1. The Morgan fingerprint density at radius 2 is 1.65 bits per heavy atom. The zero-order valence-electron chi connectivity index (χ0n) is 17.0. The molecule has 0 saturated carbocycles. The SMILES string of the molecule is CCc1ccc(-c2cc(C(=O)OCC(=O)c3ccc(Br)cc3)c3ccccc3n2)cc1. The van der Waals surface area contributed by atoms with Gasteiger partial charge in [0, 0.05) is 21.0 Å². The van der Waals surface area contributed by atoms with Crippen LogP contribution in [-0.2, 0) is 11.2 Å². The molecule has 0 amide bonds. The van der Waals surface area contributed by atoms with E-state index in [1.54, 1.807) is 30.3 Å². The first-order valence-electron chi connectivity index (χ1n) is 10.00. The van der Waals surface area contributed by atoms with Crippen LogP contribution in [0.3, 0.4) is 0 Å². The fraction of sp³-hybridized carbons (Fsp3) is 0.115. The number of ketones is 1. The molecule has 0 spiro atoms. The van der Waals surface area contributed by atoms with E-state index in [4.69, 9.17) is 9.72 Å². The van der Waals surface area contributed by atoms with Gasteiger partial charge in [0.2, 0.25) is 0 Å². The van der Waals surface area contributed by atoms with E-state index in [9.17, 15) is 9.59 Å². The lowest BCUT2D eigenvalue weighted by Crippen LogP contribution is -2.15. The van der Waals surface area contributed by atoms with Crippen molar-refractivity contribution >= 4 is 38.6 Å². The average Bonchev–Trinajstić information content (AvgIpc) is 2.82. The number of carbonyl (C=O) groups excluding carboxylic acids is 2. The van der Waals surface area contributed by atoms with Gasteiger partial charge in [0.25, 0.3) is 0 Å². The van der Waals surface area contributed by atoms with Crippen molar-refractivity contribution in [2.24, 2.45) is 0 Å². The highest BCUT2D eigenvalue weighted by Crippen LogP contribution is 2.26. The standard InChI is InChI=1S/C26H20BrNO3/c1-2-17-7-9-18(10-8-17)24-15-22(21-5-3-4-6-23(21)28-24)26(30)31-16-25(29)19-11-13-20(27)14-12-19/h3-15H,2,16H2,1H3. The topological polar surface area (TPSA) is 56.3 Å². The molecule has 0 radical (unpaired) electrons. The van der Waals surface area contributed by atoms with Crippen LogP contribution in [-0.4, -0.2) is 23.3 Å². The van der Waals surface area contributed by atoms with Gasteiger partial charge in [-0.1, -0.05) is 77.5 Å². The lowest BCUT2D eigenvalue weighted by atomic mass is 10.0. The molecule has 0 fully saturated rings. The van der Waals surface area contributed by atoms with Crippen LogP contribution in [0.4, 0.5) is 0 Å². The molecule has 0 N–H and O–H groups in total. The highest BCUT2D eigenvalue weighted by Gasteiger charge is 2.17. The minimum Gasteiger partial charge on any atom is -0.454 e. The van der Waals surface area contributed by atoms with Crippen molar-refractivity contribution in [1.82, 2.24) is 4.98 Å². The smallest absolute Gasteiger partial charge is 0.339 e. The molecule has 154 valence electrons. The molecule has 4 rings (SSSR count). The van der Waals surface area contributed by atoms with Gasteiger partial charge in [-0.05, 0) is 36.2 Å². The number of esters is 1. The van der Waals surface area contributed by atoms with Crippen molar-refractivity contribution in [3.8, 4) is 11.3 Å². The Balaban J connectivity index is 1.62. The predicted molar refractivity (Wildman–Crippen MR) is 125 cm³/mol. The minimum atomic E-state index is -0.546. The number of Topliss-reactive ketones (excluding diaryl/α,β-unsaturated/α-hetero) is 1. The van der Waals surface area contributed by atoms with E-state index in [0.29, 0.717) is 27.7 Å². The molecule has 0 aliphatic carbocycles. The maximum absolute atomic E-state index is 12.9. The Bertz CT molecular complexity index is 1250. The number of benzene rings is 3. The molecule has 31 heavy (non-hydrogen) atoms. The van der Waals surface area contributed by atoms with Crippen LogP contribution in [0.15, 0.2) is 83.3 Å². The molecular formula is C26H20BrNO3. The summed E-state index contributed by atoms with van der Waals surface area (Å²) in [4.78, 5) is 30.0. The van der Waals surface area contributed by atoms with Gasteiger partial charge in [-0.25, -0.2) is 9.78 Å². The van der Waals surface area contributed by atoms with Gasteiger partial charge in [-0.2, -0.15) is 0 Å². The first-order chi connectivity index (χ1) is 15.0. The van der Waals surface area contributed by atoms with E-state index in [1.807, 2.05) is 36.4 Å². The van der Waals surface area contributed by atoms with E-state index < -0.39 is 5.97 Å². The zero-order chi connectivity index (χ0) is 21.8. The molecule has 1 aromatic heterocycles. The number of nitrogens with zero attached hydrogens (tertiary/aromatic N) is 1. The average molecular weight is 474 g/mol. The summed E-state index contributed by atoms with van der Waals surface area (Å²) in [6.07, 6.45) is 0.954. The monoisotopic (exact) mass is 473 g/mol. The second-order valence-electron chi connectivity index (χ2n) is 7.13. The summed E-state index contributed by atoms with van der Waals surface area (Å²) in [5, 5.41) is 0.692. The van der Waals surface area contributed by atoms with Crippen molar-refractivity contribution in [3.63, 3.8) is 0 Å². The van der Waals surface area contributed by atoms with Crippen molar-refractivity contribution in [1.29, 1.82) is 0 Å². The third-order valence-corrected chi connectivity index (χ3v) is 5.62. The Morgan fingerprint density at radius 1 is 0.935 bits per heavy atom. The Hall–Kier alpha value is -3.31. The van der Waals surface area contributed by atoms with Gasteiger partial charge in [0.1, 0.15) is 0 Å². The molecule has 0 bridgehead atoms. The van der Waals surface area contributed by atoms with Crippen LogP contribution in [0.2, 0.25) is 0 Å². The summed E-state index contributed by atoms with van der Waals surface area (Å²) in [6, 6.07) is 24.2. The highest BCUT2D eigenvalue weighted by atomic mass is 79.9. The zero-order valence-corrected chi connectivity index (χ0v) is 18.6. The molecule has 0 atom stereocenters. The normalized spacial score (nSPS) is 10.8. The summed E-state index contributed by atoms with van der Waals surface area (Å²) in [5.74, 6) is -0.801. The Morgan fingerprint density at radius 3 is 2.35 bits per heavy atom. The summed E-state index contributed by atoms with van der Waals surface area (Å²) in [5.41, 5.74) is 4.42. The molecule has 5 heteroatoms. The van der Waals surface area contributed by atoms with E-state index in [2.05, 4.69) is 35.0 Å². The number of para-hydroxylation sites is 1. The van der Waals surface area contributed by atoms with Crippen molar-refractivity contribution in [2.45, 2.75) is 13.3 Å². The Kier molecular flexibility index (Phi) is 6.23. The first kappa shape index (κ1) is 20.9.